The van der Waals surface area contributed by atoms with E-state index in [-0.39, 0.29) is 15.5 Å². The van der Waals surface area contributed by atoms with Gasteiger partial charge >= 0.3 is 0 Å². The zero-order valence-corrected chi connectivity index (χ0v) is 17.2. The van der Waals surface area contributed by atoms with Crippen LogP contribution in [0.25, 0.3) is 0 Å². The number of hydrogen-bond donors (Lipinski definition) is 1. The molecule has 0 unspecified atom stereocenters. The molecule has 0 saturated carbocycles. The van der Waals surface area contributed by atoms with Crippen LogP contribution in [0.1, 0.15) is 31.2 Å². The molecule has 0 aliphatic carbocycles. The minimum atomic E-state index is -4.04. The second kappa shape index (κ2) is 8.18. The number of sulfonamides is 2. The van der Waals surface area contributed by atoms with Crippen LogP contribution in [-0.4, -0.2) is 34.2 Å². The summed E-state index contributed by atoms with van der Waals surface area (Å²) in [7, 11) is -7.77. The van der Waals surface area contributed by atoms with Crippen molar-refractivity contribution in [2.75, 3.05) is 17.8 Å². The van der Waals surface area contributed by atoms with Gasteiger partial charge in [0.25, 0.3) is 10.0 Å². The van der Waals surface area contributed by atoms with Gasteiger partial charge < -0.3 is 0 Å². The summed E-state index contributed by atoms with van der Waals surface area (Å²) in [5, 5.41) is 0. The van der Waals surface area contributed by atoms with Gasteiger partial charge in [0.05, 0.1) is 15.5 Å². The van der Waals surface area contributed by atoms with Gasteiger partial charge in [-0.1, -0.05) is 25.0 Å². The summed E-state index contributed by atoms with van der Waals surface area (Å²) in [4.78, 5) is -0.154. The summed E-state index contributed by atoms with van der Waals surface area (Å²) in [5.74, 6) is -0.670. The molecule has 1 fully saturated rings. The Hall–Kier alpha value is -1.97. The lowest BCUT2D eigenvalue weighted by Gasteiger charge is -2.21. The zero-order chi connectivity index (χ0) is 20.4. The molecule has 1 N–H and O–H groups in total. The van der Waals surface area contributed by atoms with Crippen LogP contribution in [-0.2, 0) is 20.0 Å². The quantitative estimate of drug-likeness (QED) is 0.793. The summed E-state index contributed by atoms with van der Waals surface area (Å²) < 4.78 is 68.4. The smallest absolute Gasteiger partial charge is 0.261 e. The predicted octanol–water partition coefficient (Wildman–Crippen LogP) is 3.50. The van der Waals surface area contributed by atoms with E-state index in [1.807, 2.05) is 0 Å². The average Bonchev–Trinajstić information content (AvgIpc) is 2.93. The van der Waals surface area contributed by atoms with Crippen molar-refractivity contribution in [3.05, 3.63) is 53.8 Å². The molecule has 9 heteroatoms. The molecule has 3 rings (SSSR count). The van der Waals surface area contributed by atoms with Crippen LogP contribution in [0.2, 0.25) is 0 Å². The van der Waals surface area contributed by atoms with Gasteiger partial charge in [0.2, 0.25) is 10.0 Å². The maximum absolute atomic E-state index is 13.4. The Balaban J connectivity index is 1.93. The SMILES string of the molecule is Cc1ccc(NS(=O)(=O)c2cccc(F)c2)cc1S(=O)(=O)N1CCCCCC1. The minimum absolute atomic E-state index is 0.0776. The lowest BCUT2D eigenvalue weighted by Crippen LogP contribution is -2.32. The van der Waals surface area contributed by atoms with Crippen molar-refractivity contribution >= 4 is 25.7 Å². The Kier molecular flexibility index (Phi) is 6.07. The number of halogens is 1. The maximum Gasteiger partial charge on any atom is 0.261 e. The van der Waals surface area contributed by atoms with Crippen LogP contribution in [0, 0.1) is 12.7 Å². The molecule has 0 radical (unpaired) electrons. The van der Waals surface area contributed by atoms with Crippen molar-refractivity contribution in [1.82, 2.24) is 4.31 Å². The Labute approximate surface area is 165 Å². The summed E-state index contributed by atoms with van der Waals surface area (Å²) in [6.07, 6.45) is 3.62. The fourth-order valence-corrected chi connectivity index (χ4v) is 6.06. The Morgan fingerprint density at radius 3 is 2.25 bits per heavy atom. The average molecular weight is 427 g/mol. The highest BCUT2D eigenvalue weighted by atomic mass is 32.2. The molecule has 1 heterocycles. The normalized spacial score (nSPS) is 16.5. The first-order valence-electron chi connectivity index (χ1n) is 9.09. The van der Waals surface area contributed by atoms with Crippen LogP contribution in [0.15, 0.2) is 52.3 Å². The first-order chi connectivity index (χ1) is 13.2. The van der Waals surface area contributed by atoms with Crippen molar-refractivity contribution in [2.24, 2.45) is 0 Å². The number of hydrogen-bond acceptors (Lipinski definition) is 4. The Bertz CT molecular complexity index is 1060. The van der Waals surface area contributed by atoms with Crippen molar-refractivity contribution in [3.8, 4) is 0 Å². The summed E-state index contributed by atoms with van der Waals surface area (Å²) in [6, 6.07) is 9.01. The summed E-state index contributed by atoms with van der Waals surface area (Å²) in [5.41, 5.74) is 0.654. The molecule has 0 aromatic heterocycles. The van der Waals surface area contributed by atoms with Crippen LogP contribution < -0.4 is 4.72 Å². The van der Waals surface area contributed by atoms with Gasteiger partial charge in [0, 0.05) is 13.1 Å². The first-order valence-corrected chi connectivity index (χ1v) is 12.0. The molecular formula is C19H23FN2O4S2. The molecule has 28 heavy (non-hydrogen) atoms. The third-order valence-electron chi connectivity index (χ3n) is 4.73. The van der Waals surface area contributed by atoms with E-state index in [1.54, 1.807) is 13.0 Å². The standard InChI is InChI=1S/C19H23FN2O4S2/c1-15-9-10-17(21-27(23,24)18-8-6-7-16(20)13-18)14-19(15)28(25,26)22-11-4-2-3-5-12-22/h6-10,13-14,21H,2-5,11-12H2,1H3. The van der Waals surface area contributed by atoms with Crippen molar-refractivity contribution < 1.29 is 21.2 Å². The summed E-state index contributed by atoms with van der Waals surface area (Å²) >= 11 is 0. The molecule has 1 aliphatic heterocycles. The van der Waals surface area contributed by atoms with E-state index in [9.17, 15) is 21.2 Å². The van der Waals surface area contributed by atoms with Crippen molar-refractivity contribution in [1.29, 1.82) is 0 Å². The minimum Gasteiger partial charge on any atom is -0.280 e. The predicted molar refractivity (Wildman–Crippen MR) is 106 cm³/mol. The topological polar surface area (TPSA) is 83.5 Å². The highest BCUT2D eigenvalue weighted by molar-refractivity contribution is 7.92. The molecule has 1 saturated heterocycles. The Morgan fingerprint density at radius 2 is 1.61 bits per heavy atom. The summed E-state index contributed by atoms with van der Waals surface area (Å²) in [6.45, 7) is 2.59. The number of nitrogens with one attached hydrogen (secondary N) is 1. The third-order valence-corrected chi connectivity index (χ3v) is 8.15. The van der Waals surface area contributed by atoms with E-state index in [0.29, 0.717) is 18.7 Å². The fourth-order valence-electron chi connectivity index (χ4n) is 3.21. The Morgan fingerprint density at radius 1 is 0.929 bits per heavy atom. The number of nitrogens with zero attached hydrogens (tertiary/aromatic N) is 1. The van der Waals surface area contributed by atoms with Gasteiger partial charge in [-0.05, 0) is 55.7 Å². The van der Waals surface area contributed by atoms with E-state index in [2.05, 4.69) is 4.72 Å². The van der Waals surface area contributed by atoms with Gasteiger partial charge in [0.15, 0.2) is 0 Å². The van der Waals surface area contributed by atoms with Crippen LogP contribution >= 0.6 is 0 Å². The first kappa shape index (κ1) is 20.8. The second-order valence-corrected chi connectivity index (χ2v) is 10.5. The molecule has 152 valence electrons. The molecule has 2 aromatic rings. The van der Waals surface area contributed by atoms with E-state index in [1.165, 1.54) is 28.6 Å². The number of benzene rings is 2. The van der Waals surface area contributed by atoms with Crippen LogP contribution in [0.5, 0.6) is 0 Å². The third kappa shape index (κ3) is 4.53. The van der Waals surface area contributed by atoms with E-state index < -0.39 is 25.9 Å². The van der Waals surface area contributed by atoms with Gasteiger partial charge in [-0.15, -0.1) is 0 Å². The second-order valence-electron chi connectivity index (χ2n) is 6.86. The van der Waals surface area contributed by atoms with Crippen molar-refractivity contribution in [3.63, 3.8) is 0 Å². The van der Waals surface area contributed by atoms with Crippen molar-refractivity contribution in [2.45, 2.75) is 42.4 Å². The molecule has 0 amide bonds. The van der Waals surface area contributed by atoms with E-state index >= 15 is 0 Å². The molecule has 0 spiro atoms. The molecule has 6 nitrogen and oxygen atoms in total. The van der Waals surface area contributed by atoms with Gasteiger partial charge in [0.1, 0.15) is 5.82 Å². The highest BCUT2D eigenvalue weighted by Gasteiger charge is 2.27. The lowest BCUT2D eigenvalue weighted by molar-refractivity contribution is 0.423. The largest absolute Gasteiger partial charge is 0.280 e. The zero-order valence-electron chi connectivity index (χ0n) is 15.6. The number of aryl methyl sites for hydroxylation is 1. The van der Waals surface area contributed by atoms with Crippen LogP contribution in [0.4, 0.5) is 10.1 Å². The fraction of sp³-hybridized carbons (Fsp3) is 0.368. The molecule has 0 bridgehead atoms. The lowest BCUT2D eigenvalue weighted by atomic mass is 10.2. The van der Waals surface area contributed by atoms with E-state index in [0.717, 1.165) is 37.8 Å². The number of anilines is 1. The monoisotopic (exact) mass is 426 g/mol. The number of rotatable bonds is 5. The molecule has 2 aromatic carbocycles. The maximum atomic E-state index is 13.4. The molecular weight excluding hydrogens is 403 g/mol. The van der Waals surface area contributed by atoms with Crippen LogP contribution in [0.3, 0.4) is 0 Å². The van der Waals surface area contributed by atoms with Gasteiger partial charge in [-0.2, -0.15) is 4.31 Å². The van der Waals surface area contributed by atoms with E-state index in [4.69, 9.17) is 0 Å². The molecule has 1 aliphatic rings. The van der Waals surface area contributed by atoms with Gasteiger partial charge in [-0.25, -0.2) is 21.2 Å². The van der Waals surface area contributed by atoms with Gasteiger partial charge in [-0.3, -0.25) is 4.72 Å². The molecule has 0 atom stereocenters. The highest BCUT2D eigenvalue weighted by Crippen LogP contribution is 2.27.